The van der Waals surface area contributed by atoms with E-state index in [0.717, 1.165) is 60.9 Å². The summed E-state index contributed by atoms with van der Waals surface area (Å²) in [5.41, 5.74) is 1.18. The number of aromatic nitrogens is 2. The van der Waals surface area contributed by atoms with Crippen molar-refractivity contribution >= 4 is 34.0 Å². The molecule has 6 nitrogen and oxygen atoms in total. The van der Waals surface area contributed by atoms with E-state index in [0.29, 0.717) is 6.54 Å². The Morgan fingerprint density at radius 2 is 1.70 bits per heavy atom. The van der Waals surface area contributed by atoms with Gasteiger partial charge in [-0.3, -0.25) is 9.69 Å². The van der Waals surface area contributed by atoms with Crippen LogP contribution in [-0.2, 0) is 11.2 Å². The Morgan fingerprint density at radius 3 is 2.41 bits per heavy atom. The largest absolute Gasteiger partial charge is 0.343 e. The minimum absolute atomic E-state index is 0.261. The summed E-state index contributed by atoms with van der Waals surface area (Å²) < 4.78 is 0. The predicted octanol–water partition coefficient (Wildman–Crippen LogP) is 2.53. The Bertz CT molecular complexity index is 767. The molecular formula is C19H24ClN5OS. The second-order valence-electron chi connectivity index (χ2n) is 7.13. The van der Waals surface area contributed by atoms with E-state index in [9.17, 15) is 4.79 Å². The summed E-state index contributed by atoms with van der Waals surface area (Å²) in [5, 5.41) is 11.4. The van der Waals surface area contributed by atoms with E-state index in [4.69, 9.17) is 11.6 Å². The predicted molar refractivity (Wildman–Crippen MR) is 109 cm³/mol. The fourth-order valence-corrected chi connectivity index (χ4v) is 4.65. The third-order valence-electron chi connectivity index (χ3n) is 5.19. The second-order valence-corrected chi connectivity index (χ2v) is 8.61. The monoisotopic (exact) mass is 405 g/mol. The van der Waals surface area contributed by atoms with Gasteiger partial charge in [-0.25, -0.2) is 0 Å². The van der Waals surface area contributed by atoms with Crippen molar-refractivity contribution in [2.24, 2.45) is 0 Å². The fourth-order valence-electron chi connectivity index (χ4n) is 3.60. The molecule has 3 heterocycles. The van der Waals surface area contributed by atoms with Crippen molar-refractivity contribution in [1.82, 2.24) is 20.0 Å². The summed E-state index contributed by atoms with van der Waals surface area (Å²) in [4.78, 5) is 19.0. The minimum atomic E-state index is 0.261. The van der Waals surface area contributed by atoms with Crippen LogP contribution in [0.25, 0.3) is 0 Å². The van der Waals surface area contributed by atoms with Crippen molar-refractivity contribution in [3.05, 3.63) is 39.9 Å². The maximum absolute atomic E-state index is 12.5. The first kappa shape index (κ1) is 18.7. The Hall–Kier alpha value is -1.70. The van der Waals surface area contributed by atoms with Gasteiger partial charge in [0.25, 0.3) is 0 Å². The van der Waals surface area contributed by atoms with Gasteiger partial charge in [-0.15, -0.1) is 10.2 Å². The molecule has 0 saturated carbocycles. The van der Waals surface area contributed by atoms with Gasteiger partial charge in [0.2, 0.25) is 11.0 Å². The molecule has 0 bridgehead atoms. The van der Waals surface area contributed by atoms with Crippen LogP contribution in [0.15, 0.2) is 24.3 Å². The number of piperazine rings is 1. The average Bonchev–Trinajstić information content (AvgIpc) is 3.36. The lowest BCUT2D eigenvalue weighted by molar-refractivity contribution is -0.132. The van der Waals surface area contributed by atoms with E-state index in [1.165, 1.54) is 18.4 Å². The van der Waals surface area contributed by atoms with Gasteiger partial charge in [-0.2, -0.15) is 0 Å². The zero-order valence-electron chi connectivity index (χ0n) is 15.3. The Labute approximate surface area is 168 Å². The van der Waals surface area contributed by atoms with Gasteiger partial charge in [-0.1, -0.05) is 35.1 Å². The second kappa shape index (κ2) is 8.54. The van der Waals surface area contributed by atoms with Crippen molar-refractivity contribution in [2.45, 2.75) is 19.3 Å². The third-order valence-corrected chi connectivity index (χ3v) is 6.42. The molecule has 27 heavy (non-hydrogen) atoms. The van der Waals surface area contributed by atoms with E-state index in [2.05, 4.69) is 20.0 Å². The van der Waals surface area contributed by atoms with Crippen molar-refractivity contribution in [1.29, 1.82) is 0 Å². The van der Waals surface area contributed by atoms with Crippen LogP contribution in [0, 0.1) is 0 Å². The summed E-state index contributed by atoms with van der Waals surface area (Å²) in [5.74, 6) is 0.261. The van der Waals surface area contributed by atoms with Crippen molar-refractivity contribution in [2.75, 3.05) is 50.7 Å². The number of carbonyl (C=O) groups excluding carboxylic acids is 1. The van der Waals surface area contributed by atoms with E-state index in [1.54, 1.807) is 11.3 Å². The Kier molecular flexibility index (Phi) is 5.90. The number of anilines is 1. The highest BCUT2D eigenvalue weighted by molar-refractivity contribution is 7.15. The summed E-state index contributed by atoms with van der Waals surface area (Å²) >= 11 is 7.57. The standard InChI is InChI=1S/C19H24ClN5OS/c20-16-5-3-15(4-6-16)13-17-21-22-19(27-17)25-11-9-24(10-12-25)18(26)14-23-7-1-2-8-23/h3-6H,1-2,7-14H2. The molecule has 2 aromatic rings. The number of hydrogen-bond acceptors (Lipinski definition) is 6. The van der Waals surface area contributed by atoms with Gasteiger partial charge in [0.1, 0.15) is 5.01 Å². The van der Waals surface area contributed by atoms with Crippen LogP contribution in [0.5, 0.6) is 0 Å². The summed E-state index contributed by atoms with van der Waals surface area (Å²) in [6.45, 7) is 5.87. The van der Waals surface area contributed by atoms with Crippen molar-refractivity contribution in [3.63, 3.8) is 0 Å². The molecule has 2 saturated heterocycles. The van der Waals surface area contributed by atoms with E-state index < -0.39 is 0 Å². The highest BCUT2D eigenvalue weighted by Crippen LogP contribution is 2.24. The number of carbonyl (C=O) groups is 1. The minimum Gasteiger partial charge on any atom is -0.343 e. The number of amides is 1. The van der Waals surface area contributed by atoms with E-state index in [-0.39, 0.29) is 5.91 Å². The smallest absolute Gasteiger partial charge is 0.236 e. The summed E-state index contributed by atoms with van der Waals surface area (Å²) in [6, 6.07) is 7.84. The molecule has 0 spiro atoms. The lowest BCUT2D eigenvalue weighted by Gasteiger charge is -2.35. The molecule has 2 aliphatic heterocycles. The van der Waals surface area contributed by atoms with Crippen LogP contribution >= 0.6 is 22.9 Å². The average molecular weight is 406 g/mol. The Balaban J connectivity index is 1.28. The Morgan fingerprint density at radius 1 is 1.00 bits per heavy atom. The molecule has 0 radical (unpaired) electrons. The molecule has 0 aliphatic carbocycles. The number of hydrogen-bond donors (Lipinski definition) is 0. The summed E-state index contributed by atoms with van der Waals surface area (Å²) in [7, 11) is 0. The van der Waals surface area contributed by atoms with Gasteiger partial charge in [0.05, 0.1) is 6.54 Å². The number of benzene rings is 1. The van der Waals surface area contributed by atoms with Crippen LogP contribution in [0.2, 0.25) is 5.02 Å². The molecule has 144 valence electrons. The van der Waals surface area contributed by atoms with Crippen LogP contribution < -0.4 is 4.90 Å². The first-order valence-corrected chi connectivity index (χ1v) is 10.7. The van der Waals surface area contributed by atoms with Gasteiger partial charge in [0, 0.05) is 37.6 Å². The highest BCUT2D eigenvalue weighted by Gasteiger charge is 2.25. The zero-order chi connectivity index (χ0) is 18.6. The third kappa shape index (κ3) is 4.78. The van der Waals surface area contributed by atoms with Crippen LogP contribution in [0.3, 0.4) is 0 Å². The number of rotatable bonds is 5. The molecule has 4 rings (SSSR count). The molecule has 2 aliphatic rings. The topological polar surface area (TPSA) is 52.6 Å². The molecule has 8 heteroatoms. The van der Waals surface area contributed by atoms with Crippen molar-refractivity contribution < 1.29 is 4.79 Å². The van der Waals surface area contributed by atoms with E-state index in [1.807, 2.05) is 29.2 Å². The molecule has 1 amide bonds. The molecule has 0 unspecified atom stereocenters. The lowest BCUT2D eigenvalue weighted by atomic mass is 10.2. The van der Waals surface area contributed by atoms with Crippen LogP contribution in [0.1, 0.15) is 23.4 Å². The van der Waals surface area contributed by atoms with Crippen LogP contribution in [-0.4, -0.2) is 71.7 Å². The number of nitrogens with zero attached hydrogens (tertiary/aromatic N) is 5. The number of likely N-dealkylation sites (tertiary alicyclic amines) is 1. The molecule has 1 aromatic carbocycles. The highest BCUT2D eigenvalue weighted by atomic mass is 35.5. The molecule has 1 aromatic heterocycles. The fraction of sp³-hybridized carbons (Fsp3) is 0.526. The zero-order valence-corrected chi connectivity index (χ0v) is 16.9. The summed E-state index contributed by atoms with van der Waals surface area (Å²) in [6.07, 6.45) is 3.20. The molecule has 2 fully saturated rings. The van der Waals surface area contributed by atoms with Crippen LogP contribution in [0.4, 0.5) is 5.13 Å². The first-order valence-electron chi connectivity index (χ1n) is 9.49. The maximum Gasteiger partial charge on any atom is 0.236 e. The molecular weight excluding hydrogens is 382 g/mol. The van der Waals surface area contributed by atoms with Gasteiger partial charge in [0.15, 0.2) is 0 Å². The molecule has 0 atom stereocenters. The maximum atomic E-state index is 12.5. The van der Waals surface area contributed by atoms with Crippen molar-refractivity contribution in [3.8, 4) is 0 Å². The van der Waals surface area contributed by atoms with Gasteiger partial charge >= 0.3 is 0 Å². The first-order chi connectivity index (χ1) is 13.2. The SMILES string of the molecule is O=C(CN1CCCC1)N1CCN(c2nnc(Cc3ccc(Cl)cc3)s2)CC1. The van der Waals surface area contributed by atoms with E-state index >= 15 is 0 Å². The van der Waals surface area contributed by atoms with Gasteiger partial charge < -0.3 is 9.80 Å². The van der Waals surface area contributed by atoms with Gasteiger partial charge in [-0.05, 0) is 43.6 Å². The number of halogens is 1. The quantitative estimate of drug-likeness (QED) is 0.765. The molecule has 0 N–H and O–H groups in total. The normalized spacial score (nSPS) is 18.3. The lowest BCUT2D eigenvalue weighted by Crippen LogP contribution is -2.51.